The highest BCUT2D eigenvalue weighted by Crippen LogP contribution is 2.40. The zero-order valence-electron chi connectivity index (χ0n) is 23.9. The number of methoxy groups -OCH3 is 1. The summed E-state index contributed by atoms with van der Waals surface area (Å²) in [7, 11) is 1.53. The average Bonchev–Trinajstić information content (AvgIpc) is 3.42. The Bertz CT molecular complexity index is 1540. The van der Waals surface area contributed by atoms with Gasteiger partial charge in [0.2, 0.25) is 5.91 Å². The Morgan fingerprint density at radius 1 is 1.12 bits per heavy atom. The normalized spacial score (nSPS) is 14.2. The molecule has 43 heavy (non-hydrogen) atoms. The second-order valence-corrected chi connectivity index (χ2v) is 10.6. The molecule has 1 aliphatic rings. The monoisotopic (exact) mass is 595 g/mol. The number of aromatic amines is 1. The summed E-state index contributed by atoms with van der Waals surface area (Å²) in [6, 6.07) is 8.10. The highest BCUT2D eigenvalue weighted by atomic mass is 19.1. The van der Waals surface area contributed by atoms with E-state index in [-0.39, 0.29) is 30.4 Å². The first-order valence-electron chi connectivity index (χ1n) is 14.2. The first-order valence-corrected chi connectivity index (χ1v) is 14.2. The van der Waals surface area contributed by atoms with Gasteiger partial charge in [-0.05, 0) is 62.9 Å². The van der Waals surface area contributed by atoms with Crippen LogP contribution in [-0.4, -0.2) is 76.0 Å². The zero-order valence-corrected chi connectivity index (χ0v) is 23.9. The molecule has 228 valence electrons. The Kier molecular flexibility index (Phi) is 9.62. The van der Waals surface area contributed by atoms with Gasteiger partial charge in [-0.1, -0.05) is 0 Å². The lowest BCUT2D eigenvalue weighted by Gasteiger charge is -2.31. The minimum absolute atomic E-state index is 0.0978. The third-order valence-corrected chi connectivity index (χ3v) is 7.55. The average molecular weight is 596 g/mol. The zero-order chi connectivity index (χ0) is 30.3. The van der Waals surface area contributed by atoms with Crippen molar-refractivity contribution in [1.82, 2.24) is 25.1 Å². The molecule has 11 nitrogen and oxygen atoms in total. The number of nitrogens with two attached hydrogens (primary N) is 1. The molecule has 1 aliphatic heterocycles. The number of carbonyl (C=O) groups excluding carboxylic acids is 1. The van der Waals surface area contributed by atoms with Gasteiger partial charge in [-0.15, -0.1) is 0 Å². The fourth-order valence-electron chi connectivity index (χ4n) is 5.43. The number of halogens is 2. The number of nitrogens with one attached hydrogen (secondary N) is 1. The van der Waals surface area contributed by atoms with E-state index in [1.54, 1.807) is 18.2 Å². The topological polar surface area (TPSA) is 143 Å². The van der Waals surface area contributed by atoms with Crippen LogP contribution in [0, 0.1) is 17.6 Å². The van der Waals surface area contributed by atoms with Crippen LogP contribution >= 0.6 is 0 Å². The number of fused-ring (bicyclic) bond motifs is 1. The van der Waals surface area contributed by atoms with Crippen LogP contribution in [0.5, 0.6) is 11.5 Å². The Balaban J connectivity index is 1.40. The first kappa shape index (κ1) is 30.1. The maximum absolute atomic E-state index is 14.4. The molecule has 0 bridgehead atoms. The van der Waals surface area contributed by atoms with E-state index in [2.05, 4.69) is 25.1 Å². The highest BCUT2D eigenvalue weighted by molar-refractivity contribution is 5.96. The number of aliphatic hydroxyl groups is 1. The van der Waals surface area contributed by atoms with Gasteiger partial charge in [0.15, 0.2) is 17.3 Å². The van der Waals surface area contributed by atoms with Crippen LogP contribution in [0.15, 0.2) is 42.7 Å². The van der Waals surface area contributed by atoms with Crippen molar-refractivity contribution < 1.29 is 28.2 Å². The summed E-state index contributed by atoms with van der Waals surface area (Å²) in [6.07, 6.45) is 5.15. The molecule has 2 aromatic carbocycles. The number of piperidine rings is 1. The molecule has 5 rings (SSSR count). The summed E-state index contributed by atoms with van der Waals surface area (Å²) in [5.74, 6) is -0.0628. The smallest absolute Gasteiger partial charge is 0.223 e. The first-order chi connectivity index (χ1) is 20.8. The molecular weight excluding hydrogens is 560 g/mol. The van der Waals surface area contributed by atoms with Gasteiger partial charge in [0.1, 0.15) is 23.8 Å². The molecule has 0 saturated carbocycles. The molecular formula is C30H35F2N7O4. The van der Waals surface area contributed by atoms with Gasteiger partial charge in [0.05, 0.1) is 31.3 Å². The predicted molar refractivity (Wildman–Crippen MR) is 157 cm³/mol. The SMILES string of the molecule is COc1cc2c(N(c3cc(F)cc(F)c3)c3cc(CC(N)=O)[nH]n3)ncnc2cc1OCCCN1CCC(CCO)CC1. The Morgan fingerprint density at radius 3 is 2.58 bits per heavy atom. The van der Waals surface area contributed by atoms with Crippen molar-refractivity contribution in [2.24, 2.45) is 11.7 Å². The van der Waals surface area contributed by atoms with Crippen LogP contribution in [-0.2, 0) is 11.2 Å². The van der Waals surface area contributed by atoms with E-state index in [1.165, 1.54) is 18.3 Å². The molecule has 3 heterocycles. The Morgan fingerprint density at radius 2 is 1.88 bits per heavy atom. The van der Waals surface area contributed by atoms with Crippen molar-refractivity contribution in [1.29, 1.82) is 0 Å². The van der Waals surface area contributed by atoms with Gasteiger partial charge in [0, 0.05) is 42.4 Å². The van der Waals surface area contributed by atoms with Crippen LogP contribution in [0.3, 0.4) is 0 Å². The fraction of sp³-hybridized carbons (Fsp3) is 0.400. The van der Waals surface area contributed by atoms with Crippen molar-refractivity contribution in [3.05, 3.63) is 60.1 Å². The molecule has 13 heteroatoms. The van der Waals surface area contributed by atoms with Crippen LogP contribution in [0.1, 0.15) is 31.4 Å². The molecule has 0 atom stereocenters. The van der Waals surface area contributed by atoms with Gasteiger partial charge in [0.25, 0.3) is 0 Å². The summed E-state index contributed by atoms with van der Waals surface area (Å²) in [5, 5.41) is 16.7. The molecule has 4 N–H and O–H groups in total. The Labute approximate surface area is 247 Å². The van der Waals surface area contributed by atoms with Gasteiger partial charge >= 0.3 is 0 Å². The number of hydrogen-bond donors (Lipinski definition) is 3. The third-order valence-electron chi connectivity index (χ3n) is 7.55. The van der Waals surface area contributed by atoms with Crippen molar-refractivity contribution >= 4 is 34.1 Å². The number of amides is 1. The van der Waals surface area contributed by atoms with Crippen LogP contribution in [0.2, 0.25) is 0 Å². The van der Waals surface area contributed by atoms with Gasteiger partial charge < -0.3 is 25.2 Å². The van der Waals surface area contributed by atoms with Gasteiger partial charge in [-0.25, -0.2) is 18.7 Å². The van der Waals surface area contributed by atoms with Crippen molar-refractivity contribution in [2.75, 3.05) is 44.9 Å². The summed E-state index contributed by atoms with van der Waals surface area (Å²) < 4.78 is 40.5. The van der Waals surface area contributed by atoms with E-state index in [0.717, 1.165) is 63.5 Å². The van der Waals surface area contributed by atoms with Crippen LogP contribution in [0.25, 0.3) is 10.9 Å². The summed E-state index contributed by atoms with van der Waals surface area (Å²) in [4.78, 5) is 24.2. The third kappa shape index (κ3) is 7.35. The highest BCUT2D eigenvalue weighted by Gasteiger charge is 2.23. The summed E-state index contributed by atoms with van der Waals surface area (Å²) in [6.45, 7) is 3.68. The number of H-pyrrole nitrogens is 1. The number of likely N-dealkylation sites (tertiary alicyclic amines) is 1. The van der Waals surface area contributed by atoms with E-state index < -0.39 is 17.5 Å². The molecule has 4 aromatic rings. The van der Waals surface area contributed by atoms with E-state index in [9.17, 15) is 18.7 Å². The lowest BCUT2D eigenvalue weighted by molar-refractivity contribution is -0.117. The van der Waals surface area contributed by atoms with E-state index >= 15 is 0 Å². The fourth-order valence-corrected chi connectivity index (χ4v) is 5.43. The largest absolute Gasteiger partial charge is 0.493 e. The summed E-state index contributed by atoms with van der Waals surface area (Å²) in [5.41, 5.74) is 6.39. The van der Waals surface area contributed by atoms with Gasteiger partial charge in [-0.3, -0.25) is 14.8 Å². The number of benzene rings is 2. The number of rotatable bonds is 13. The Hall–Kier alpha value is -4.36. The van der Waals surface area contributed by atoms with Crippen molar-refractivity contribution in [3.63, 3.8) is 0 Å². The minimum Gasteiger partial charge on any atom is -0.493 e. The molecule has 1 saturated heterocycles. The van der Waals surface area contributed by atoms with Crippen LogP contribution in [0.4, 0.5) is 26.1 Å². The van der Waals surface area contributed by atoms with E-state index in [4.69, 9.17) is 15.2 Å². The molecule has 0 unspecified atom stereocenters. The van der Waals surface area contributed by atoms with E-state index in [0.29, 0.717) is 40.6 Å². The number of carbonyl (C=O) groups is 1. The molecule has 0 radical (unpaired) electrons. The number of primary amides is 1. The molecule has 2 aromatic heterocycles. The molecule has 0 spiro atoms. The predicted octanol–water partition coefficient (Wildman–Crippen LogP) is 4.00. The maximum atomic E-state index is 14.4. The van der Waals surface area contributed by atoms with Gasteiger partial charge in [-0.2, -0.15) is 5.10 Å². The molecule has 1 fully saturated rings. The minimum atomic E-state index is -0.783. The standard InChI is InChI=1S/C30H35F2N7O4/c1-42-26-16-24-25(17-27(26)43-10-2-6-38-7-3-19(4-8-38)5-9-40)34-18-35-30(24)39(23-12-20(31)11-21(32)13-23)29-15-22(36-37-29)14-28(33)41/h11-13,15-19,40H,2-10,14H2,1H3,(H2,33,41)(H,36,37). The van der Waals surface area contributed by atoms with Crippen molar-refractivity contribution in [3.8, 4) is 11.5 Å². The van der Waals surface area contributed by atoms with Crippen LogP contribution < -0.4 is 20.1 Å². The number of hydrogen-bond acceptors (Lipinski definition) is 9. The quantitative estimate of drug-likeness (QED) is 0.196. The second-order valence-electron chi connectivity index (χ2n) is 10.6. The number of anilines is 3. The maximum Gasteiger partial charge on any atom is 0.223 e. The number of ether oxygens (including phenoxy) is 2. The number of nitrogens with zero attached hydrogens (tertiary/aromatic N) is 5. The van der Waals surface area contributed by atoms with E-state index in [1.807, 2.05) is 0 Å². The lowest BCUT2D eigenvalue weighted by atomic mass is 9.94. The lowest BCUT2D eigenvalue weighted by Crippen LogP contribution is -2.35. The number of aliphatic hydroxyl groups excluding tert-OH is 1. The summed E-state index contributed by atoms with van der Waals surface area (Å²) >= 11 is 0. The second kappa shape index (κ2) is 13.7. The molecule has 0 aliphatic carbocycles. The van der Waals surface area contributed by atoms with Crippen molar-refractivity contribution in [2.45, 2.75) is 32.1 Å². The number of aromatic nitrogens is 4. The molecule has 1 amide bonds.